The van der Waals surface area contributed by atoms with E-state index < -0.39 is 0 Å². The Balaban J connectivity index is 1.36. The second kappa shape index (κ2) is 11.5. The normalized spacial score (nSPS) is 13.8. The quantitative estimate of drug-likeness (QED) is 0.369. The predicted molar refractivity (Wildman–Crippen MR) is 125 cm³/mol. The van der Waals surface area contributed by atoms with Crippen molar-refractivity contribution in [1.29, 1.82) is 0 Å². The molecule has 0 fully saturated rings. The molecule has 2 aromatic rings. The largest absolute Gasteiger partial charge is 0.357 e. The van der Waals surface area contributed by atoms with E-state index >= 15 is 0 Å². The highest BCUT2D eigenvalue weighted by atomic mass is 16.2. The number of aromatic nitrogens is 2. The number of benzene rings is 1. The number of nitrogens with zero attached hydrogens (tertiary/aromatic N) is 4. The second-order valence-electron chi connectivity index (χ2n) is 8.13. The minimum atomic E-state index is 0.239. The standard InChI is InChI=1S/C24H36N6O/c1-4-25-24(27-14-8-15-30-20(3)17-19(2)28-30)26-13-7-11-23(31)29-16-12-21-9-5-6-10-22(21)18-29/h5-6,9-10,17H,4,7-8,11-16,18H2,1-3H3,(H2,25,26,27). The number of amides is 1. The topological polar surface area (TPSA) is 74.5 Å². The Morgan fingerprint density at radius 2 is 1.97 bits per heavy atom. The Morgan fingerprint density at radius 1 is 1.16 bits per heavy atom. The molecule has 7 nitrogen and oxygen atoms in total. The molecular formula is C24H36N6O. The summed E-state index contributed by atoms with van der Waals surface area (Å²) >= 11 is 0. The molecule has 2 N–H and O–H groups in total. The van der Waals surface area contributed by atoms with Crippen LogP contribution in [0.1, 0.15) is 48.7 Å². The van der Waals surface area contributed by atoms with Crippen molar-refractivity contribution in [3.05, 3.63) is 52.8 Å². The number of aryl methyl sites for hydroxylation is 3. The van der Waals surface area contributed by atoms with E-state index in [1.165, 1.54) is 16.8 Å². The van der Waals surface area contributed by atoms with Crippen LogP contribution in [0.15, 0.2) is 35.3 Å². The van der Waals surface area contributed by atoms with Gasteiger partial charge in [-0.2, -0.15) is 5.10 Å². The molecule has 2 heterocycles. The average Bonchev–Trinajstić information content (AvgIpc) is 3.10. The first kappa shape index (κ1) is 22.8. The van der Waals surface area contributed by atoms with Gasteiger partial charge in [0.05, 0.1) is 5.69 Å². The smallest absolute Gasteiger partial charge is 0.222 e. The molecule has 0 unspecified atom stereocenters. The molecule has 1 aromatic heterocycles. The molecule has 1 aliphatic rings. The van der Waals surface area contributed by atoms with E-state index in [0.717, 1.165) is 70.2 Å². The van der Waals surface area contributed by atoms with Crippen molar-refractivity contribution < 1.29 is 4.79 Å². The molecular weight excluding hydrogens is 388 g/mol. The zero-order valence-corrected chi connectivity index (χ0v) is 19.2. The van der Waals surface area contributed by atoms with Crippen molar-refractivity contribution in [1.82, 2.24) is 25.3 Å². The summed E-state index contributed by atoms with van der Waals surface area (Å²) in [5, 5.41) is 11.1. The van der Waals surface area contributed by atoms with Gasteiger partial charge in [-0.05, 0) is 57.2 Å². The fourth-order valence-corrected chi connectivity index (χ4v) is 3.97. The van der Waals surface area contributed by atoms with Gasteiger partial charge < -0.3 is 15.5 Å². The van der Waals surface area contributed by atoms with E-state index in [9.17, 15) is 4.79 Å². The Hall–Kier alpha value is -2.83. The average molecular weight is 425 g/mol. The van der Waals surface area contributed by atoms with Crippen LogP contribution in [0, 0.1) is 13.8 Å². The van der Waals surface area contributed by atoms with Gasteiger partial charge in [-0.1, -0.05) is 24.3 Å². The summed E-state index contributed by atoms with van der Waals surface area (Å²) in [6.45, 7) is 10.9. The summed E-state index contributed by atoms with van der Waals surface area (Å²) in [5.74, 6) is 1.05. The molecule has 7 heteroatoms. The molecule has 0 aliphatic carbocycles. The predicted octanol–water partition coefficient (Wildman–Crippen LogP) is 2.81. The van der Waals surface area contributed by atoms with Crippen molar-refractivity contribution in [3.63, 3.8) is 0 Å². The first-order valence-corrected chi connectivity index (χ1v) is 11.4. The zero-order valence-electron chi connectivity index (χ0n) is 19.2. The van der Waals surface area contributed by atoms with E-state index in [2.05, 4.69) is 64.9 Å². The number of hydrogen-bond donors (Lipinski definition) is 2. The van der Waals surface area contributed by atoms with Crippen LogP contribution in [-0.2, 0) is 24.3 Å². The number of carbonyl (C=O) groups excluding carboxylic acids is 1. The van der Waals surface area contributed by atoms with Crippen LogP contribution in [0.4, 0.5) is 0 Å². The monoisotopic (exact) mass is 424 g/mol. The number of carbonyl (C=O) groups is 1. The van der Waals surface area contributed by atoms with E-state index in [1.54, 1.807) is 0 Å². The van der Waals surface area contributed by atoms with Gasteiger partial charge in [-0.15, -0.1) is 0 Å². The number of fused-ring (bicyclic) bond motifs is 1. The number of guanidine groups is 1. The highest BCUT2D eigenvalue weighted by molar-refractivity contribution is 5.80. The molecule has 3 rings (SSSR count). The molecule has 0 spiro atoms. The van der Waals surface area contributed by atoms with Crippen LogP contribution < -0.4 is 10.6 Å². The molecule has 1 aliphatic heterocycles. The molecule has 0 atom stereocenters. The first-order valence-electron chi connectivity index (χ1n) is 11.4. The van der Waals surface area contributed by atoms with Gasteiger partial charge in [-0.3, -0.25) is 14.5 Å². The molecule has 0 saturated carbocycles. The van der Waals surface area contributed by atoms with E-state index in [1.807, 2.05) is 16.5 Å². The molecule has 0 radical (unpaired) electrons. The molecule has 1 aromatic carbocycles. The highest BCUT2D eigenvalue weighted by Gasteiger charge is 2.19. The summed E-state index contributed by atoms with van der Waals surface area (Å²) in [4.78, 5) is 19.2. The summed E-state index contributed by atoms with van der Waals surface area (Å²) in [5.41, 5.74) is 4.90. The van der Waals surface area contributed by atoms with Gasteiger partial charge in [-0.25, -0.2) is 0 Å². The lowest BCUT2D eigenvalue weighted by atomic mass is 9.99. The molecule has 1 amide bonds. The van der Waals surface area contributed by atoms with Gasteiger partial charge in [0.15, 0.2) is 5.96 Å². The maximum Gasteiger partial charge on any atom is 0.222 e. The van der Waals surface area contributed by atoms with Gasteiger partial charge in [0.2, 0.25) is 5.91 Å². The van der Waals surface area contributed by atoms with Crippen molar-refractivity contribution in [2.75, 3.05) is 26.2 Å². The maximum atomic E-state index is 12.6. The van der Waals surface area contributed by atoms with Gasteiger partial charge in [0, 0.05) is 51.4 Å². The molecule has 31 heavy (non-hydrogen) atoms. The fourth-order valence-electron chi connectivity index (χ4n) is 3.97. The van der Waals surface area contributed by atoms with Gasteiger partial charge in [0.25, 0.3) is 0 Å². The third-order valence-electron chi connectivity index (χ3n) is 5.59. The molecule has 0 bridgehead atoms. The van der Waals surface area contributed by atoms with Gasteiger partial charge in [0.1, 0.15) is 0 Å². The molecule has 0 saturated heterocycles. The third-order valence-corrected chi connectivity index (χ3v) is 5.59. The lowest BCUT2D eigenvalue weighted by Gasteiger charge is -2.29. The van der Waals surface area contributed by atoms with Crippen LogP contribution in [0.3, 0.4) is 0 Å². The van der Waals surface area contributed by atoms with Crippen LogP contribution in [0.25, 0.3) is 0 Å². The summed E-state index contributed by atoms with van der Waals surface area (Å²) < 4.78 is 2.04. The van der Waals surface area contributed by atoms with Crippen molar-refractivity contribution in [3.8, 4) is 0 Å². The SMILES string of the molecule is CCNC(=NCCCn1nc(C)cc1C)NCCCC(=O)N1CCc2ccccc2C1. The van der Waals surface area contributed by atoms with Crippen molar-refractivity contribution in [2.45, 2.75) is 59.5 Å². The van der Waals surface area contributed by atoms with E-state index in [0.29, 0.717) is 6.42 Å². The summed E-state index contributed by atoms with van der Waals surface area (Å²) in [6, 6.07) is 10.5. The van der Waals surface area contributed by atoms with E-state index in [4.69, 9.17) is 0 Å². The number of nitrogens with one attached hydrogen (secondary N) is 2. The minimum Gasteiger partial charge on any atom is -0.357 e. The van der Waals surface area contributed by atoms with E-state index in [-0.39, 0.29) is 5.91 Å². The van der Waals surface area contributed by atoms with Crippen LogP contribution in [0.2, 0.25) is 0 Å². The Labute approximate surface area is 185 Å². The van der Waals surface area contributed by atoms with Gasteiger partial charge >= 0.3 is 0 Å². The number of hydrogen-bond acceptors (Lipinski definition) is 3. The lowest BCUT2D eigenvalue weighted by Crippen LogP contribution is -2.39. The van der Waals surface area contributed by atoms with Crippen molar-refractivity contribution in [2.24, 2.45) is 4.99 Å². The second-order valence-corrected chi connectivity index (χ2v) is 8.13. The number of rotatable bonds is 9. The van der Waals surface area contributed by atoms with Crippen LogP contribution >= 0.6 is 0 Å². The third kappa shape index (κ3) is 6.84. The summed E-state index contributed by atoms with van der Waals surface area (Å²) in [7, 11) is 0. The Kier molecular flexibility index (Phi) is 8.50. The zero-order chi connectivity index (χ0) is 22.1. The first-order chi connectivity index (χ1) is 15.1. The molecule has 168 valence electrons. The summed E-state index contributed by atoms with van der Waals surface area (Å²) in [6.07, 6.45) is 3.25. The fraction of sp³-hybridized carbons (Fsp3) is 0.542. The lowest BCUT2D eigenvalue weighted by molar-refractivity contribution is -0.132. The van der Waals surface area contributed by atoms with Crippen LogP contribution in [0.5, 0.6) is 0 Å². The Morgan fingerprint density at radius 3 is 2.71 bits per heavy atom. The highest BCUT2D eigenvalue weighted by Crippen LogP contribution is 2.19. The van der Waals surface area contributed by atoms with Crippen molar-refractivity contribution >= 4 is 11.9 Å². The minimum absolute atomic E-state index is 0.239. The Bertz CT molecular complexity index is 888. The van der Waals surface area contributed by atoms with Crippen LogP contribution in [-0.4, -0.2) is 52.7 Å². The number of aliphatic imine (C=N–C) groups is 1. The maximum absolute atomic E-state index is 12.6.